The summed E-state index contributed by atoms with van der Waals surface area (Å²) in [5.74, 6) is -0.586. The van der Waals surface area contributed by atoms with Crippen molar-refractivity contribution in [2.24, 2.45) is 0 Å². The molecule has 4 rings (SSSR count). The van der Waals surface area contributed by atoms with Gasteiger partial charge < -0.3 is 9.30 Å². The Morgan fingerprint density at radius 2 is 1.84 bits per heavy atom. The summed E-state index contributed by atoms with van der Waals surface area (Å²) in [6.45, 7) is 3.89. The van der Waals surface area contributed by atoms with Crippen LogP contribution >= 0.6 is 35.6 Å². The topological polar surface area (TPSA) is 51.5 Å². The average molecular weight is 483 g/mol. The summed E-state index contributed by atoms with van der Waals surface area (Å²) in [4.78, 5) is 27.2. The third-order valence-electron chi connectivity index (χ3n) is 5.17. The van der Waals surface area contributed by atoms with Crippen molar-refractivity contribution in [3.8, 4) is 5.69 Å². The van der Waals surface area contributed by atoms with Gasteiger partial charge in [0.05, 0.1) is 34.0 Å². The second kappa shape index (κ2) is 8.94. The first-order valence-corrected chi connectivity index (χ1v) is 11.3. The van der Waals surface area contributed by atoms with E-state index in [9.17, 15) is 9.59 Å². The Hall–Kier alpha value is -2.87. The van der Waals surface area contributed by atoms with Gasteiger partial charge in [0, 0.05) is 11.4 Å². The van der Waals surface area contributed by atoms with Crippen molar-refractivity contribution in [3.63, 3.8) is 0 Å². The van der Waals surface area contributed by atoms with Gasteiger partial charge >= 0.3 is 5.97 Å². The van der Waals surface area contributed by atoms with Crippen molar-refractivity contribution in [1.82, 2.24) is 4.57 Å². The molecule has 0 saturated carbocycles. The zero-order chi connectivity index (χ0) is 23.0. The van der Waals surface area contributed by atoms with Crippen molar-refractivity contribution < 1.29 is 14.3 Å². The molecule has 0 unspecified atom stereocenters. The van der Waals surface area contributed by atoms with Crippen LogP contribution in [0.15, 0.2) is 59.5 Å². The molecule has 8 heteroatoms. The minimum atomic E-state index is -0.435. The molecule has 0 aliphatic carbocycles. The zero-order valence-corrected chi connectivity index (χ0v) is 20.0. The molecule has 1 aliphatic heterocycles. The standard InChI is InChI=1S/C24H19ClN2O3S2/c1-14-11-17(13-21-22(28)27(24(31)32-21)18-7-5-4-6-8-18)15(2)26(14)20-12-16(23(29)30-3)9-10-19(20)25/h4-13H,1-3H3/b21-13+. The second-order valence-corrected chi connectivity index (χ2v) is 9.26. The van der Waals surface area contributed by atoms with E-state index < -0.39 is 5.97 Å². The number of hydrogen-bond donors (Lipinski definition) is 0. The van der Waals surface area contributed by atoms with E-state index in [1.807, 2.05) is 60.9 Å². The second-order valence-electron chi connectivity index (χ2n) is 7.17. The smallest absolute Gasteiger partial charge is 0.337 e. The summed E-state index contributed by atoms with van der Waals surface area (Å²) in [5.41, 5.74) is 4.49. The Bertz CT molecular complexity index is 1280. The molecule has 0 bridgehead atoms. The van der Waals surface area contributed by atoms with E-state index in [0.29, 0.717) is 25.5 Å². The van der Waals surface area contributed by atoms with E-state index in [1.165, 1.54) is 18.9 Å². The van der Waals surface area contributed by atoms with Crippen LogP contribution in [0, 0.1) is 13.8 Å². The highest BCUT2D eigenvalue weighted by Crippen LogP contribution is 2.37. The van der Waals surface area contributed by atoms with E-state index >= 15 is 0 Å². The van der Waals surface area contributed by atoms with Crippen LogP contribution in [0.4, 0.5) is 5.69 Å². The first-order valence-electron chi connectivity index (χ1n) is 9.72. The Morgan fingerprint density at radius 3 is 2.53 bits per heavy atom. The fraction of sp³-hybridized carbons (Fsp3) is 0.125. The maximum Gasteiger partial charge on any atom is 0.337 e. The molecule has 3 aromatic rings. The molecule has 2 aromatic carbocycles. The molecule has 2 heterocycles. The molecule has 1 amide bonds. The van der Waals surface area contributed by atoms with Gasteiger partial charge in [0.1, 0.15) is 0 Å². The van der Waals surface area contributed by atoms with Crippen LogP contribution in [0.5, 0.6) is 0 Å². The van der Waals surface area contributed by atoms with Gasteiger partial charge in [-0.3, -0.25) is 9.69 Å². The summed E-state index contributed by atoms with van der Waals surface area (Å²) in [5, 5.41) is 0.501. The van der Waals surface area contributed by atoms with Crippen LogP contribution in [0.2, 0.25) is 5.02 Å². The maximum atomic E-state index is 13.1. The normalized spacial score (nSPS) is 15.0. The SMILES string of the molecule is COC(=O)c1ccc(Cl)c(-n2c(C)cc(/C=C3/SC(=S)N(c4ccccc4)C3=O)c2C)c1. The van der Waals surface area contributed by atoms with Gasteiger partial charge in [0.2, 0.25) is 0 Å². The molecule has 1 fully saturated rings. The molecule has 5 nitrogen and oxygen atoms in total. The minimum Gasteiger partial charge on any atom is -0.465 e. The van der Waals surface area contributed by atoms with Crippen molar-refractivity contribution >= 4 is 63.5 Å². The summed E-state index contributed by atoms with van der Waals surface area (Å²) in [6.07, 6.45) is 1.85. The molecule has 0 N–H and O–H groups in total. The largest absolute Gasteiger partial charge is 0.465 e. The zero-order valence-electron chi connectivity index (χ0n) is 17.6. The fourth-order valence-corrected chi connectivity index (χ4v) is 5.13. The van der Waals surface area contributed by atoms with Crippen molar-refractivity contribution in [3.05, 3.63) is 87.0 Å². The first kappa shape index (κ1) is 22.3. The highest BCUT2D eigenvalue weighted by atomic mass is 35.5. The Labute approximate surface area is 200 Å². The van der Waals surface area contributed by atoms with Gasteiger partial charge in [-0.25, -0.2) is 4.79 Å². The number of aromatic nitrogens is 1. The molecule has 0 radical (unpaired) electrons. The number of thiocarbonyl (C=S) groups is 1. The molecular weight excluding hydrogens is 464 g/mol. The number of para-hydroxylation sites is 1. The Kier molecular flexibility index (Phi) is 6.24. The van der Waals surface area contributed by atoms with Crippen LogP contribution in [0.1, 0.15) is 27.3 Å². The lowest BCUT2D eigenvalue weighted by atomic mass is 10.2. The summed E-state index contributed by atoms with van der Waals surface area (Å²) in [7, 11) is 1.34. The van der Waals surface area contributed by atoms with Crippen LogP contribution in [0.25, 0.3) is 11.8 Å². The lowest BCUT2D eigenvalue weighted by Gasteiger charge is -2.14. The number of amides is 1. The number of hydrogen-bond acceptors (Lipinski definition) is 5. The number of aryl methyl sites for hydroxylation is 1. The number of carbonyl (C=O) groups excluding carboxylic acids is 2. The first-order chi connectivity index (χ1) is 15.3. The van der Waals surface area contributed by atoms with Crippen molar-refractivity contribution in [1.29, 1.82) is 0 Å². The molecule has 162 valence electrons. The van der Waals surface area contributed by atoms with Gasteiger partial charge in [-0.15, -0.1) is 0 Å². The van der Waals surface area contributed by atoms with Gasteiger partial charge in [-0.05, 0) is 61.9 Å². The predicted octanol–water partition coefficient (Wildman–Crippen LogP) is 5.94. The van der Waals surface area contributed by atoms with Gasteiger partial charge in [-0.2, -0.15) is 0 Å². The highest BCUT2D eigenvalue weighted by molar-refractivity contribution is 8.27. The number of carbonyl (C=O) groups is 2. The number of halogens is 1. The van der Waals surface area contributed by atoms with E-state index in [1.54, 1.807) is 23.1 Å². The molecule has 1 aromatic heterocycles. The van der Waals surface area contributed by atoms with Gasteiger partial charge in [0.25, 0.3) is 5.91 Å². The summed E-state index contributed by atoms with van der Waals surface area (Å²) >= 11 is 13.2. The number of thioether (sulfide) groups is 1. The number of ether oxygens (including phenoxy) is 1. The van der Waals surface area contributed by atoms with E-state index in [2.05, 4.69) is 0 Å². The average Bonchev–Trinajstić information content (AvgIpc) is 3.22. The molecule has 1 saturated heterocycles. The number of nitrogens with zero attached hydrogens (tertiary/aromatic N) is 2. The van der Waals surface area contributed by atoms with Crippen LogP contribution in [-0.4, -0.2) is 27.9 Å². The van der Waals surface area contributed by atoms with Crippen LogP contribution in [-0.2, 0) is 9.53 Å². The third-order valence-corrected chi connectivity index (χ3v) is 6.79. The van der Waals surface area contributed by atoms with Gasteiger partial charge in [-0.1, -0.05) is 53.8 Å². The monoisotopic (exact) mass is 482 g/mol. The maximum absolute atomic E-state index is 13.1. The number of benzene rings is 2. The quantitative estimate of drug-likeness (QED) is 0.261. The Balaban J connectivity index is 1.74. The van der Waals surface area contributed by atoms with E-state index in [4.69, 9.17) is 28.6 Å². The lowest BCUT2D eigenvalue weighted by molar-refractivity contribution is -0.113. The molecule has 0 atom stereocenters. The predicted molar refractivity (Wildman–Crippen MR) is 134 cm³/mol. The molecule has 1 aliphatic rings. The van der Waals surface area contributed by atoms with Crippen molar-refractivity contribution in [2.45, 2.75) is 13.8 Å². The minimum absolute atomic E-state index is 0.151. The van der Waals surface area contributed by atoms with Crippen LogP contribution in [0.3, 0.4) is 0 Å². The molecule has 0 spiro atoms. The lowest BCUT2D eigenvalue weighted by Crippen LogP contribution is -2.27. The van der Waals surface area contributed by atoms with Crippen LogP contribution < -0.4 is 4.90 Å². The number of methoxy groups -OCH3 is 1. The van der Waals surface area contributed by atoms with Crippen molar-refractivity contribution in [2.75, 3.05) is 12.0 Å². The number of rotatable bonds is 4. The van der Waals surface area contributed by atoms with Gasteiger partial charge in [0.15, 0.2) is 4.32 Å². The number of anilines is 1. The fourth-order valence-electron chi connectivity index (χ4n) is 3.64. The number of esters is 1. The van der Waals surface area contributed by atoms with E-state index in [0.717, 1.165) is 22.6 Å². The summed E-state index contributed by atoms with van der Waals surface area (Å²) in [6, 6.07) is 16.3. The molecular formula is C24H19ClN2O3S2. The molecule has 32 heavy (non-hydrogen) atoms. The van der Waals surface area contributed by atoms with E-state index in [-0.39, 0.29) is 5.91 Å². The highest BCUT2D eigenvalue weighted by Gasteiger charge is 2.33. The Morgan fingerprint density at radius 1 is 1.12 bits per heavy atom. The summed E-state index contributed by atoms with van der Waals surface area (Å²) < 4.78 is 7.28. The third kappa shape index (κ3) is 3.99.